The molecule has 0 aliphatic carbocycles. The second kappa shape index (κ2) is 9.52. The SMILES string of the molecule is c1ccc2c(c1)Nc1c(n(CCN3CCCCC3)c3ccccc13)C2CCN1CCCCC1. The van der Waals surface area contributed by atoms with Crippen LogP contribution in [0.3, 0.4) is 0 Å². The summed E-state index contributed by atoms with van der Waals surface area (Å²) in [6, 6.07) is 18.1. The van der Waals surface area contributed by atoms with Gasteiger partial charge in [0.05, 0.1) is 16.9 Å². The number of anilines is 2. The van der Waals surface area contributed by atoms with E-state index in [4.69, 9.17) is 0 Å². The minimum Gasteiger partial charge on any atom is -0.353 e. The van der Waals surface area contributed by atoms with E-state index in [2.05, 4.69) is 68.2 Å². The van der Waals surface area contributed by atoms with Crippen LogP contribution in [-0.4, -0.2) is 53.6 Å². The van der Waals surface area contributed by atoms with E-state index in [1.807, 2.05) is 0 Å². The summed E-state index contributed by atoms with van der Waals surface area (Å²) >= 11 is 0. The maximum atomic E-state index is 3.86. The average molecular weight is 443 g/mol. The average Bonchev–Trinajstić information content (AvgIpc) is 3.20. The van der Waals surface area contributed by atoms with E-state index in [0.717, 1.165) is 13.1 Å². The summed E-state index contributed by atoms with van der Waals surface area (Å²) in [6.45, 7) is 8.52. The zero-order valence-electron chi connectivity index (χ0n) is 19.9. The Hall–Kier alpha value is -2.30. The van der Waals surface area contributed by atoms with Gasteiger partial charge in [0.15, 0.2) is 0 Å². The molecule has 4 heteroatoms. The zero-order chi connectivity index (χ0) is 22.0. The maximum Gasteiger partial charge on any atom is 0.0683 e. The van der Waals surface area contributed by atoms with Gasteiger partial charge in [-0.3, -0.25) is 0 Å². The molecule has 2 fully saturated rings. The van der Waals surface area contributed by atoms with E-state index in [-0.39, 0.29) is 0 Å². The van der Waals surface area contributed by atoms with Crippen molar-refractivity contribution in [2.45, 2.75) is 57.4 Å². The number of rotatable bonds is 6. The van der Waals surface area contributed by atoms with Crippen molar-refractivity contribution in [1.82, 2.24) is 14.4 Å². The molecule has 2 saturated heterocycles. The summed E-state index contributed by atoms with van der Waals surface area (Å²) in [4.78, 5) is 5.38. The van der Waals surface area contributed by atoms with Crippen LogP contribution in [0.5, 0.6) is 0 Å². The molecule has 174 valence electrons. The Balaban J connectivity index is 1.37. The number of fused-ring (bicyclic) bond motifs is 4. The van der Waals surface area contributed by atoms with E-state index >= 15 is 0 Å². The summed E-state index contributed by atoms with van der Waals surface area (Å²) in [5, 5.41) is 5.24. The molecule has 6 rings (SSSR count). The van der Waals surface area contributed by atoms with Crippen LogP contribution >= 0.6 is 0 Å². The number of piperidine rings is 2. The quantitative estimate of drug-likeness (QED) is 0.492. The van der Waals surface area contributed by atoms with Gasteiger partial charge < -0.3 is 19.7 Å². The molecule has 33 heavy (non-hydrogen) atoms. The van der Waals surface area contributed by atoms with Crippen molar-refractivity contribution in [2.24, 2.45) is 0 Å². The molecule has 0 radical (unpaired) electrons. The summed E-state index contributed by atoms with van der Waals surface area (Å²) in [6.07, 6.45) is 9.45. The predicted molar refractivity (Wildman–Crippen MR) is 139 cm³/mol. The molecule has 0 bridgehead atoms. The first-order valence-corrected chi connectivity index (χ1v) is 13.3. The van der Waals surface area contributed by atoms with Crippen LogP contribution in [0.25, 0.3) is 10.9 Å². The molecule has 2 aromatic carbocycles. The van der Waals surface area contributed by atoms with Crippen LogP contribution in [0.4, 0.5) is 11.4 Å². The zero-order valence-corrected chi connectivity index (χ0v) is 19.9. The van der Waals surface area contributed by atoms with Crippen molar-refractivity contribution in [1.29, 1.82) is 0 Å². The number of nitrogens with zero attached hydrogens (tertiary/aromatic N) is 3. The number of likely N-dealkylation sites (tertiary alicyclic amines) is 2. The third kappa shape index (κ3) is 4.20. The van der Waals surface area contributed by atoms with E-state index in [0.29, 0.717) is 5.92 Å². The van der Waals surface area contributed by atoms with Crippen molar-refractivity contribution >= 4 is 22.3 Å². The van der Waals surface area contributed by atoms with E-state index < -0.39 is 0 Å². The van der Waals surface area contributed by atoms with E-state index in [1.54, 1.807) is 0 Å². The van der Waals surface area contributed by atoms with Crippen LogP contribution in [0.15, 0.2) is 48.5 Å². The lowest BCUT2D eigenvalue weighted by Crippen LogP contribution is -2.33. The van der Waals surface area contributed by atoms with Crippen LogP contribution in [0.2, 0.25) is 0 Å². The van der Waals surface area contributed by atoms with Gasteiger partial charge in [0.25, 0.3) is 0 Å². The van der Waals surface area contributed by atoms with Crippen LogP contribution in [0, 0.1) is 0 Å². The second-order valence-electron chi connectivity index (χ2n) is 10.3. The van der Waals surface area contributed by atoms with Crippen molar-refractivity contribution in [3.05, 3.63) is 59.8 Å². The number of hydrogen-bond acceptors (Lipinski definition) is 3. The molecule has 0 amide bonds. The topological polar surface area (TPSA) is 23.4 Å². The Bertz CT molecular complexity index is 1090. The van der Waals surface area contributed by atoms with Crippen LogP contribution in [-0.2, 0) is 6.54 Å². The van der Waals surface area contributed by atoms with Gasteiger partial charge in [-0.25, -0.2) is 0 Å². The monoisotopic (exact) mass is 442 g/mol. The number of benzene rings is 2. The number of hydrogen-bond donors (Lipinski definition) is 1. The van der Waals surface area contributed by atoms with Crippen molar-refractivity contribution in [3.8, 4) is 0 Å². The first-order chi connectivity index (χ1) is 16.4. The van der Waals surface area contributed by atoms with Gasteiger partial charge in [0.1, 0.15) is 0 Å². The molecular formula is C29H38N4. The number of para-hydroxylation sites is 2. The molecular weight excluding hydrogens is 404 g/mol. The van der Waals surface area contributed by atoms with Crippen molar-refractivity contribution in [3.63, 3.8) is 0 Å². The lowest BCUT2D eigenvalue weighted by Gasteiger charge is -2.33. The number of aromatic nitrogens is 1. The van der Waals surface area contributed by atoms with E-state index in [9.17, 15) is 0 Å². The highest BCUT2D eigenvalue weighted by Gasteiger charge is 2.31. The van der Waals surface area contributed by atoms with Gasteiger partial charge in [0, 0.05) is 30.1 Å². The Labute approximate surface area is 198 Å². The highest BCUT2D eigenvalue weighted by atomic mass is 15.2. The first-order valence-electron chi connectivity index (χ1n) is 13.3. The lowest BCUT2D eigenvalue weighted by molar-refractivity contribution is 0.218. The molecule has 3 aromatic rings. The third-order valence-corrected chi connectivity index (χ3v) is 8.21. The predicted octanol–water partition coefficient (Wildman–Crippen LogP) is 6.19. The molecule has 4 nitrogen and oxygen atoms in total. The molecule has 0 spiro atoms. The Morgan fingerprint density at radius 3 is 2.15 bits per heavy atom. The minimum atomic E-state index is 0.452. The highest BCUT2D eigenvalue weighted by molar-refractivity contribution is 5.99. The summed E-state index contributed by atoms with van der Waals surface area (Å²) in [7, 11) is 0. The van der Waals surface area contributed by atoms with Gasteiger partial charge in [-0.1, -0.05) is 49.2 Å². The lowest BCUT2D eigenvalue weighted by atomic mass is 9.86. The van der Waals surface area contributed by atoms with Crippen LogP contribution < -0.4 is 5.32 Å². The molecule has 1 unspecified atom stereocenters. The smallest absolute Gasteiger partial charge is 0.0683 e. The molecule has 1 aromatic heterocycles. The fraction of sp³-hybridized carbons (Fsp3) is 0.517. The minimum absolute atomic E-state index is 0.452. The summed E-state index contributed by atoms with van der Waals surface area (Å²) in [5.74, 6) is 0.452. The third-order valence-electron chi connectivity index (χ3n) is 8.21. The fourth-order valence-corrected chi connectivity index (χ4v) is 6.47. The normalized spacial score (nSPS) is 21.5. The van der Waals surface area contributed by atoms with Crippen molar-refractivity contribution < 1.29 is 0 Å². The Kier molecular flexibility index (Phi) is 6.13. The Morgan fingerprint density at radius 2 is 1.36 bits per heavy atom. The molecule has 0 saturated carbocycles. The molecule has 3 aliphatic rings. The van der Waals surface area contributed by atoms with Crippen molar-refractivity contribution in [2.75, 3.05) is 44.6 Å². The molecule has 3 aliphatic heterocycles. The first kappa shape index (κ1) is 21.2. The molecule has 4 heterocycles. The van der Waals surface area contributed by atoms with Gasteiger partial charge in [0.2, 0.25) is 0 Å². The van der Waals surface area contributed by atoms with Gasteiger partial charge in [-0.2, -0.15) is 0 Å². The maximum absolute atomic E-state index is 3.86. The van der Waals surface area contributed by atoms with E-state index in [1.165, 1.54) is 111 Å². The second-order valence-corrected chi connectivity index (χ2v) is 10.3. The van der Waals surface area contributed by atoms with Crippen LogP contribution in [0.1, 0.15) is 62.1 Å². The summed E-state index contributed by atoms with van der Waals surface area (Å²) < 4.78 is 2.67. The van der Waals surface area contributed by atoms with Gasteiger partial charge in [-0.05, 0) is 82.5 Å². The highest BCUT2D eigenvalue weighted by Crippen LogP contribution is 2.47. The standard InChI is InChI=1S/C29H38N4/c1-7-16-31(17-8-1)20-15-24-23-11-3-5-13-26(23)30-28-25-12-4-6-14-27(25)33(29(24)28)22-21-32-18-9-2-10-19-32/h3-6,11-14,24,30H,1-2,7-10,15-22H2. The molecule has 1 atom stereocenters. The Morgan fingerprint density at radius 1 is 0.697 bits per heavy atom. The van der Waals surface area contributed by atoms with Gasteiger partial charge >= 0.3 is 0 Å². The van der Waals surface area contributed by atoms with Gasteiger partial charge in [-0.15, -0.1) is 0 Å². The number of nitrogens with one attached hydrogen (secondary N) is 1. The summed E-state index contributed by atoms with van der Waals surface area (Å²) in [5.41, 5.74) is 7.04. The molecule has 1 N–H and O–H groups in total. The largest absolute Gasteiger partial charge is 0.353 e. The fourth-order valence-electron chi connectivity index (χ4n) is 6.47.